The summed E-state index contributed by atoms with van der Waals surface area (Å²) < 4.78 is 0. The van der Waals surface area contributed by atoms with Crippen LogP contribution in [0.15, 0.2) is 36.5 Å². The monoisotopic (exact) mass is 426 g/mol. The summed E-state index contributed by atoms with van der Waals surface area (Å²) in [6.07, 6.45) is 3.04. The van der Waals surface area contributed by atoms with E-state index in [1.165, 1.54) is 6.20 Å². The number of rotatable bonds is 2. The number of fused-ring (bicyclic) bond motifs is 6. The van der Waals surface area contributed by atoms with E-state index in [4.69, 9.17) is 33.2 Å². The van der Waals surface area contributed by atoms with Crippen LogP contribution in [0.25, 0.3) is 11.0 Å². The lowest BCUT2D eigenvalue weighted by Crippen LogP contribution is -2.48. The molecule has 3 aromatic rings. The van der Waals surface area contributed by atoms with Crippen LogP contribution in [0.3, 0.4) is 0 Å². The van der Waals surface area contributed by atoms with Gasteiger partial charge in [-0.25, -0.2) is 15.0 Å². The van der Waals surface area contributed by atoms with Crippen LogP contribution in [0.5, 0.6) is 0 Å². The highest BCUT2D eigenvalue weighted by Gasteiger charge is 2.73. The van der Waals surface area contributed by atoms with Gasteiger partial charge in [-0.15, -0.1) is 0 Å². The van der Waals surface area contributed by atoms with Gasteiger partial charge < -0.3 is 5.32 Å². The van der Waals surface area contributed by atoms with Gasteiger partial charge in [-0.2, -0.15) is 0 Å². The summed E-state index contributed by atoms with van der Waals surface area (Å²) in [7, 11) is 0. The number of amides is 1. The van der Waals surface area contributed by atoms with Crippen molar-refractivity contribution >= 4 is 46.0 Å². The molecule has 1 fully saturated rings. The number of anilines is 1. The number of hydrogen-bond donors (Lipinski definition) is 1. The number of carbonyl (C=O) groups is 1. The van der Waals surface area contributed by atoms with E-state index < -0.39 is 5.41 Å². The molecule has 0 aliphatic heterocycles. The van der Waals surface area contributed by atoms with E-state index in [9.17, 15) is 4.79 Å². The molecule has 0 radical (unpaired) electrons. The molecule has 2 aliphatic carbocycles. The minimum absolute atomic E-state index is 0.147. The first-order valence-corrected chi connectivity index (χ1v) is 10.4. The van der Waals surface area contributed by atoms with E-state index in [2.05, 4.69) is 31.1 Å². The Morgan fingerprint density at radius 2 is 1.69 bits per heavy atom. The Hall–Kier alpha value is -2.24. The molecule has 29 heavy (non-hydrogen) atoms. The first-order valence-electron chi connectivity index (χ1n) is 9.61. The van der Waals surface area contributed by atoms with Crippen LogP contribution in [-0.2, 0) is 15.6 Å². The molecule has 2 bridgehead atoms. The number of para-hydroxylation sites is 2. The van der Waals surface area contributed by atoms with Crippen LogP contribution in [0.4, 0.5) is 5.82 Å². The van der Waals surface area contributed by atoms with Crippen molar-refractivity contribution in [1.29, 1.82) is 0 Å². The Morgan fingerprint density at radius 3 is 2.34 bits per heavy atom. The average Bonchev–Trinajstić information content (AvgIpc) is 2.98. The lowest BCUT2D eigenvalue weighted by atomic mass is 9.63. The molecule has 1 saturated carbocycles. The predicted molar refractivity (Wildman–Crippen MR) is 114 cm³/mol. The summed E-state index contributed by atoms with van der Waals surface area (Å²) in [4.78, 5) is 27.9. The van der Waals surface area contributed by atoms with Crippen molar-refractivity contribution in [3.8, 4) is 0 Å². The van der Waals surface area contributed by atoms with Crippen molar-refractivity contribution in [3.63, 3.8) is 0 Å². The fourth-order valence-corrected chi connectivity index (χ4v) is 5.70. The number of nitrogens with one attached hydrogen (secondary N) is 1. The maximum absolute atomic E-state index is 13.8. The summed E-state index contributed by atoms with van der Waals surface area (Å²) in [6.45, 7) is 6.49. The molecule has 5 nitrogen and oxygen atoms in total. The number of nitrogens with zero attached hydrogens (tertiary/aromatic N) is 3. The SMILES string of the molecule is CC12CCC(C(=O)Nc3ncc(Cl)cc3Cl)(c3nc4ccccc4nc31)C2(C)C. The predicted octanol–water partition coefficient (Wildman–Crippen LogP) is 5.30. The molecule has 7 heteroatoms. The van der Waals surface area contributed by atoms with Gasteiger partial charge >= 0.3 is 0 Å². The van der Waals surface area contributed by atoms with Crippen molar-refractivity contribution in [2.75, 3.05) is 5.32 Å². The highest BCUT2D eigenvalue weighted by atomic mass is 35.5. The van der Waals surface area contributed by atoms with E-state index in [-0.39, 0.29) is 16.7 Å². The largest absolute Gasteiger partial charge is 0.309 e. The molecule has 0 spiro atoms. The van der Waals surface area contributed by atoms with Gasteiger partial charge in [-0.1, -0.05) is 56.1 Å². The Balaban J connectivity index is 1.69. The Kier molecular flexibility index (Phi) is 3.81. The number of benzene rings is 1. The van der Waals surface area contributed by atoms with Gasteiger partial charge in [-0.05, 0) is 36.5 Å². The van der Waals surface area contributed by atoms with Gasteiger partial charge in [-0.3, -0.25) is 4.79 Å². The summed E-state index contributed by atoms with van der Waals surface area (Å²) >= 11 is 12.2. The number of carbonyl (C=O) groups excluding carboxylic acids is 1. The molecule has 2 heterocycles. The van der Waals surface area contributed by atoms with Crippen LogP contribution >= 0.6 is 23.2 Å². The zero-order chi connectivity index (χ0) is 20.6. The smallest absolute Gasteiger partial charge is 0.238 e. The van der Waals surface area contributed by atoms with Gasteiger partial charge in [0.25, 0.3) is 0 Å². The minimum Gasteiger partial charge on any atom is -0.309 e. The lowest BCUT2D eigenvalue weighted by molar-refractivity contribution is -0.125. The highest BCUT2D eigenvalue weighted by molar-refractivity contribution is 6.36. The fourth-order valence-electron chi connectivity index (χ4n) is 5.27. The number of hydrogen-bond acceptors (Lipinski definition) is 4. The molecule has 0 saturated heterocycles. The zero-order valence-corrected chi connectivity index (χ0v) is 17.9. The van der Waals surface area contributed by atoms with E-state index in [1.54, 1.807) is 6.07 Å². The van der Waals surface area contributed by atoms with Gasteiger partial charge in [0.05, 0.1) is 37.9 Å². The number of halogens is 2. The third-order valence-corrected chi connectivity index (χ3v) is 7.87. The highest BCUT2D eigenvalue weighted by Crippen LogP contribution is 2.70. The zero-order valence-electron chi connectivity index (χ0n) is 16.4. The molecule has 5 rings (SSSR count). The van der Waals surface area contributed by atoms with Crippen molar-refractivity contribution in [2.24, 2.45) is 5.41 Å². The van der Waals surface area contributed by atoms with Crippen molar-refractivity contribution < 1.29 is 4.79 Å². The topological polar surface area (TPSA) is 67.8 Å². The molecule has 1 aromatic carbocycles. The maximum Gasteiger partial charge on any atom is 0.238 e. The van der Waals surface area contributed by atoms with E-state index in [0.717, 1.165) is 28.8 Å². The lowest BCUT2D eigenvalue weighted by Gasteiger charge is -2.39. The fraction of sp³-hybridized carbons (Fsp3) is 0.364. The second-order valence-corrected chi connectivity index (χ2v) is 9.55. The van der Waals surface area contributed by atoms with Crippen molar-refractivity contribution in [3.05, 3.63) is 58.0 Å². The van der Waals surface area contributed by atoms with E-state index >= 15 is 0 Å². The maximum atomic E-state index is 13.8. The molecule has 148 valence electrons. The van der Waals surface area contributed by atoms with E-state index in [1.807, 2.05) is 24.3 Å². The average molecular weight is 427 g/mol. The van der Waals surface area contributed by atoms with Crippen LogP contribution in [0.1, 0.15) is 45.0 Å². The Morgan fingerprint density at radius 1 is 1.03 bits per heavy atom. The van der Waals surface area contributed by atoms with Gasteiger partial charge in [0, 0.05) is 11.6 Å². The second-order valence-electron chi connectivity index (χ2n) is 8.71. The molecule has 1 amide bonds. The molecule has 1 N–H and O–H groups in total. The summed E-state index contributed by atoms with van der Waals surface area (Å²) in [6, 6.07) is 9.37. The first-order chi connectivity index (χ1) is 13.7. The van der Waals surface area contributed by atoms with Gasteiger partial charge in [0.2, 0.25) is 5.91 Å². The molecule has 2 aliphatic rings. The van der Waals surface area contributed by atoms with Crippen LogP contribution < -0.4 is 5.32 Å². The molecular formula is C22H20Cl2N4O. The molecule has 2 unspecified atom stereocenters. The third kappa shape index (κ3) is 2.23. The molecular weight excluding hydrogens is 407 g/mol. The summed E-state index contributed by atoms with van der Waals surface area (Å²) in [5, 5.41) is 3.68. The summed E-state index contributed by atoms with van der Waals surface area (Å²) in [5.74, 6) is 0.160. The van der Waals surface area contributed by atoms with Crippen LogP contribution in [-0.4, -0.2) is 20.9 Å². The molecule has 2 aromatic heterocycles. The second kappa shape index (κ2) is 5.89. The van der Waals surface area contributed by atoms with Crippen molar-refractivity contribution in [2.45, 2.75) is 44.4 Å². The first kappa shape index (κ1) is 18.8. The quantitative estimate of drug-likeness (QED) is 0.603. The third-order valence-electron chi connectivity index (χ3n) is 7.37. The Labute approximate surface area is 178 Å². The standard InChI is InChI=1S/C22H20Cl2N4O/c1-20(2)21(3)8-9-22(20,19(29)28-18-13(24)10-12(23)11-25-18)17-16(21)26-14-6-4-5-7-15(14)27-17/h4-7,10-11H,8-9H2,1-3H3,(H,25,28,29). The van der Waals surface area contributed by atoms with Gasteiger partial charge in [0.15, 0.2) is 5.82 Å². The summed E-state index contributed by atoms with van der Waals surface area (Å²) in [5.41, 5.74) is 1.94. The van der Waals surface area contributed by atoms with Crippen LogP contribution in [0.2, 0.25) is 10.0 Å². The van der Waals surface area contributed by atoms with Crippen molar-refractivity contribution in [1.82, 2.24) is 15.0 Å². The van der Waals surface area contributed by atoms with Crippen LogP contribution in [0, 0.1) is 5.41 Å². The van der Waals surface area contributed by atoms with Gasteiger partial charge in [0.1, 0.15) is 0 Å². The number of aromatic nitrogens is 3. The normalized spacial score (nSPS) is 26.5. The Bertz CT molecular complexity index is 1190. The minimum atomic E-state index is -0.807. The number of pyridine rings is 1. The molecule has 2 atom stereocenters. The van der Waals surface area contributed by atoms with E-state index in [0.29, 0.717) is 22.3 Å².